The highest BCUT2D eigenvalue weighted by Crippen LogP contribution is 2.74. The third kappa shape index (κ3) is 0.705. The first-order valence-corrected chi connectivity index (χ1v) is 7.16. The van der Waals surface area contributed by atoms with Gasteiger partial charge in [-0.25, -0.2) is 0 Å². The second-order valence-electron chi connectivity index (χ2n) is 5.65. The molecule has 4 nitrogen and oxygen atoms in total. The Hall–Kier alpha value is 0.190. The van der Waals surface area contributed by atoms with Crippen molar-refractivity contribution in [3.8, 4) is 0 Å². The van der Waals surface area contributed by atoms with Crippen LogP contribution in [0.25, 0.3) is 0 Å². The van der Waals surface area contributed by atoms with Gasteiger partial charge < -0.3 is 18.9 Å². The van der Waals surface area contributed by atoms with Gasteiger partial charge in [-0.2, -0.15) is 0 Å². The fourth-order valence-electron chi connectivity index (χ4n) is 4.70. The number of rotatable bonds is 1. The molecule has 0 spiro atoms. The van der Waals surface area contributed by atoms with Crippen LogP contribution in [0, 0.1) is 23.7 Å². The molecule has 0 amide bonds. The summed E-state index contributed by atoms with van der Waals surface area (Å²) in [6, 6.07) is 0. The van der Waals surface area contributed by atoms with Crippen molar-refractivity contribution < 1.29 is 18.9 Å². The zero-order chi connectivity index (χ0) is 10.7. The Kier molecular flexibility index (Phi) is 1.34. The quantitative estimate of drug-likeness (QED) is 0.694. The number of thioether (sulfide) groups is 1. The van der Waals surface area contributed by atoms with Crippen molar-refractivity contribution in [2.45, 2.75) is 36.8 Å². The number of ether oxygens (including phenoxy) is 4. The van der Waals surface area contributed by atoms with Crippen LogP contribution in [0.4, 0.5) is 0 Å². The molecule has 0 radical (unpaired) electrons. The van der Waals surface area contributed by atoms with E-state index in [4.69, 9.17) is 18.9 Å². The van der Waals surface area contributed by atoms with E-state index in [1.54, 1.807) is 11.8 Å². The highest BCUT2D eigenvalue weighted by molar-refractivity contribution is 7.99. The third-order valence-electron chi connectivity index (χ3n) is 5.09. The molecule has 5 aliphatic rings. The first kappa shape index (κ1) is 9.16. The van der Waals surface area contributed by atoms with Crippen LogP contribution in [0.5, 0.6) is 0 Å². The van der Waals surface area contributed by atoms with Crippen molar-refractivity contribution in [1.82, 2.24) is 0 Å². The monoisotopic (exact) mass is 242 g/mol. The van der Waals surface area contributed by atoms with Crippen LogP contribution in [0.2, 0.25) is 0 Å². The molecule has 0 N–H and O–H groups in total. The maximum Gasteiger partial charge on any atom is 0.226 e. The number of hydrogen-bond acceptors (Lipinski definition) is 5. The number of hydrogen-bond donors (Lipinski definition) is 0. The van der Waals surface area contributed by atoms with E-state index >= 15 is 0 Å². The molecule has 5 heteroatoms. The Morgan fingerprint density at radius 1 is 1.12 bits per heavy atom. The molecule has 4 heterocycles. The second kappa shape index (κ2) is 2.34. The standard InChI is InChI=1S/C11H14O4S/c1-10-6-4-3-5-7(6)11(15-10,16-2)14-9(5)12-8(4)13-10/h4-9H,3H2,1-2H3/t4-,5+,6-,7-,8+,9-,10+,11+/m1/s1. The van der Waals surface area contributed by atoms with Crippen LogP contribution in [-0.2, 0) is 18.9 Å². The first-order valence-electron chi connectivity index (χ1n) is 5.93. The van der Waals surface area contributed by atoms with Gasteiger partial charge in [0.1, 0.15) is 0 Å². The first-order chi connectivity index (χ1) is 7.67. The molecule has 1 aliphatic carbocycles. The van der Waals surface area contributed by atoms with E-state index in [9.17, 15) is 0 Å². The van der Waals surface area contributed by atoms with E-state index in [0.29, 0.717) is 23.7 Å². The minimum absolute atomic E-state index is 0.0959. The third-order valence-corrected chi connectivity index (χ3v) is 6.12. The summed E-state index contributed by atoms with van der Waals surface area (Å²) in [5.74, 6) is 1.47. The Bertz CT molecular complexity index is 390. The average molecular weight is 242 g/mol. The van der Waals surface area contributed by atoms with Gasteiger partial charge in [-0.1, -0.05) is 0 Å². The fourth-order valence-corrected chi connectivity index (χ4v) is 5.74. The van der Waals surface area contributed by atoms with Crippen LogP contribution in [0.15, 0.2) is 0 Å². The van der Waals surface area contributed by atoms with E-state index in [2.05, 4.69) is 13.2 Å². The van der Waals surface area contributed by atoms with Gasteiger partial charge >= 0.3 is 0 Å². The van der Waals surface area contributed by atoms with Gasteiger partial charge in [0.05, 0.1) is 0 Å². The van der Waals surface area contributed by atoms with Gasteiger partial charge in [0.25, 0.3) is 0 Å². The van der Waals surface area contributed by atoms with Crippen LogP contribution in [-0.4, -0.2) is 29.7 Å². The van der Waals surface area contributed by atoms with Gasteiger partial charge in [0, 0.05) is 23.7 Å². The SMILES string of the molecule is CS[C@@]12O[C@H]3O[C@H]4O[C@@](C)(O1)[C@@H]1[C@H]4C[C@H]3[C@H]12. The summed E-state index contributed by atoms with van der Waals surface area (Å²) in [6.07, 6.45) is 3.04. The van der Waals surface area contributed by atoms with Gasteiger partial charge in [-0.15, -0.1) is 11.8 Å². The summed E-state index contributed by atoms with van der Waals surface area (Å²) in [4.78, 5) is 0. The molecule has 5 fully saturated rings. The summed E-state index contributed by atoms with van der Waals surface area (Å²) in [5, 5.41) is -0.505. The highest BCUT2D eigenvalue weighted by Gasteiger charge is 2.81. The molecule has 1 saturated carbocycles. The summed E-state index contributed by atoms with van der Waals surface area (Å²) in [7, 11) is 0. The topological polar surface area (TPSA) is 36.9 Å². The van der Waals surface area contributed by atoms with E-state index in [-0.39, 0.29) is 12.6 Å². The van der Waals surface area contributed by atoms with Crippen molar-refractivity contribution in [3.05, 3.63) is 0 Å². The molecule has 88 valence electrons. The lowest BCUT2D eigenvalue weighted by atomic mass is 9.86. The smallest absolute Gasteiger partial charge is 0.226 e. The van der Waals surface area contributed by atoms with Crippen molar-refractivity contribution in [1.29, 1.82) is 0 Å². The van der Waals surface area contributed by atoms with Gasteiger partial charge in [0.15, 0.2) is 18.4 Å². The van der Waals surface area contributed by atoms with Crippen molar-refractivity contribution in [2.75, 3.05) is 6.26 Å². The summed E-state index contributed by atoms with van der Waals surface area (Å²) in [5.41, 5.74) is 0. The van der Waals surface area contributed by atoms with Gasteiger partial charge in [0.2, 0.25) is 5.12 Å². The molecule has 5 rings (SSSR count). The average Bonchev–Trinajstić information content (AvgIpc) is 2.83. The predicted molar refractivity (Wildman–Crippen MR) is 55.1 cm³/mol. The molecule has 4 aliphatic heterocycles. The van der Waals surface area contributed by atoms with E-state index in [1.165, 1.54) is 6.42 Å². The molecule has 0 aromatic rings. The highest BCUT2D eigenvalue weighted by atomic mass is 32.2. The van der Waals surface area contributed by atoms with Crippen LogP contribution in [0.3, 0.4) is 0 Å². The Labute approximate surface area is 97.9 Å². The Balaban J connectivity index is 1.76. The predicted octanol–water partition coefficient (Wildman–Crippen LogP) is 1.36. The maximum absolute atomic E-state index is 6.17. The van der Waals surface area contributed by atoms with Crippen molar-refractivity contribution in [2.24, 2.45) is 23.7 Å². The molecule has 0 aromatic heterocycles. The van der Waals surface area contributed by atoms with E-state index in [0.717, 1.165) is 0 Å². The van der Waals surface area contributed by atoms with Crippen LogP contribution >= 0.6 is 11.8 Å². The minimum Gasteiger partial charge on any atom is -0.323 e. The van der Waals surface area contributed by atoms with Crippen LogP contribution in [0.1, 0.15) is 13.3 Å². The summed E-state index contributed by atoms with van der Waals surface area (Å²) >= 11 is 1.66. The molecule has 4 saturated heterocycles. The lowest BCUT2D eigenvalue weighted by Crippen LogP contribution is -2.42. The van der Waals surface area contributed by atoms with E-state index < -0.39 is 10.9 Å². The normalized spacial score (nSPS) is 73.1. The van der Waals surface area contributed by atoms with Crippen molar-refractivity contribution in [3.63, 3.8) is 0 Å². The molecular formula is C11H14O4S. The molecule has 2 bridgehead atoms. The zero-order valence-electron chi connectivity index (χ0n) is 9.21. The molecule has 16 heavy (non-hydrogen) atoms. The van der Waals surface area contributed by atoms with Gasteiger partial charge in [-0.05, 0) is 19.6 Å². The summed E-state index contributed by atoms with van der Waals surface area (Å²) in [6.45, 7) is 2.05. The van der Waals surface area contributed by atoms with E-state index in [1.807, 2.05) is 0 Å². The van der Waals surface area contributed by atoms with Gasteiger partial charge in [-0.3, -0.25) is 0 Å². The Morgan fingerprint density at radius 3 is 2.69 bits per heavy atom. The molecular weight excluding hydrogens is 228 g/mol. The maximum atomic E-state index is 6.17. The van der Waals surface area contributed by atoms with Crippen molar-refractivity contribution >= 4 is 11.8 Å². The zero-order valence-corrected chi connectivity index (χ0v) is 10.0. The molecule has 0 aromatic carbocycles. The lowest BCUT2D eigenvalue weighted by Gasteiger charge is -2.36. The molecule has 8 atom stereocenters. The second-order valence-corrected chi connectivity index (χ2v) is 6.63. The van der Waals surface area contributed by atoms with Crippen LogP contribution < -0.4 is 0 Å². The largest absolute Gasteiger partial charge is 0.323 e. The Morgan fingerprint density at radius 2 is 1.88 bits per heavy atom. The minimum atomic E-state index is -0.505. The summed E-state index contributed by atoms with van der Waals surface area (Å²) < 4.78 is 24.1. The molecule has 0 unspecified atom stereocenters. The lowest BCUT2D eigenvalue weighted by molar-refractivity contribution is -0.385. The fraction of sp³-hybridized carbons (Fsp3) is 1.00.